The van der Waals surface area contributed by atoms with Crippen LogP contribution in [0.15, 0.2) is 60.8 Å². The molecule has 3 amide bonds. The molecule has 4 aromatic rings. The molecule has 54 heavy (non-hydrogen) atoms. The number of anilines is 3. The molecule has 0 saturated carbocycles. The van der Waals surface area contributed by atoms with Gasteiger partial charge in [0.2, 0.25) is 5.91 Å². The van der Waals surface area contributed by atoms with Gasteiger partial charge in [0.1, 0.15) is 17.2 Å². The van der Waals surface area contributed by atoms with E-state index in [2.05, 4.69) is 10.3 Å². The lowest BCUT2D eigenvalue weighted by atomic mass is 9.93. The highest BCUT2D eigenvalue weighted by atomic mass is 19.1. The molecular formula is C41H54FN5O7. The molecule has 4 rings (SSSR count). The van der Waals surface area contributed by atoms with E-state index < -0.39 is 46.9 Å². The normalized spacial score (nSPS) is 12.5. The Morgan fingerprint density at radius 1 is 0.944 bits per heavy atom. The first-order valence-electron chi connectivity index (χ1n) is 17.8. The summed E-state index contributed by atoms with van der Waals surface area (Å²) < 4.78 is 25.4. The number of nitrogens with two attached hydrogens (primary N) is 1. The Labute approximate surface area is 317 Å². The number of hydrogen-bond donors (Lipinski definition) is 4. The van der Waals surface area contributed by atoms with Crippen LogP contribution in [0.3, 0.4) is 0 Å². The van der Waals surface area contributed by atoms with E-state index in [4.69, 9.17) is 15.2 Å². The summed E-state index contributed by atoms with van der Waals surface area (Å²) in [5.41, 5.74) is 7.15. The number of likely N-dealkylation sites (N-methyl/N-ethyl adjacent to an activating group) is 1. The van der Waals surface area contributed by atoms with Crippen molar-refractivity contribution in [3.63, 3.8) is 0 Å². The van der Waals surface area contributed by atoms with E-state index in [1.165, 1.54) is 24.2 Å². The van der Waals surface area contributed by atoms with Crippen LogP contribution in [0, 0.1) is 12.7 Å². The zero-order valence-corrected chi connectivity index (χ0v) is 33.1. The molecule has 0 aliphatic rings. The average Bonchev–Trinajstić information content (AvgIpc) is 3.08. The predicted octanol–water partition coefficient (Wildman–Crippen LogP) is 8.58. The van der Waals surface area contributed by atoms with E-state index in [1.807, 2.05) is 39.8 Å². The zero-order valence-electron chi connectivity index (χ0n) is 33.1. The van der Waals surface area contributed by atoms with Crippen molar-refractivity contribution in [2.24, 2.45) is 0 Å². The molecule has 0 saturated heterocycles. The molecule has 1 aromatic heterocycles. The number of nitrogens with one attached hydrogen (secondary N) is 1. The van der Waals surface area contributed by atoms with E-state index >= 15 is 0 Å². The van der Waals surface area contributed by atoms with Crippen LogP contribution in [-0.2, 0) is 20.8 Å². The summed E-state index contributed by atoms with van der Waals surface area (Å²) in [7, 11) is 1.53. The third-order valence-electron chi connectivity index (χ3n) is 8.05. The number of aryl methyl sites for hydroxylation is 1. The Bertz CT molecular complexity index is 1940. The van der Waals surface area contributed by atoms with Crippen LogP contribution in [0.2, 0.25) is 0 Å². The van der Waals surface area contributed by atoms with E-state index in [1.54, 1.807) is 71.9 Å². The first-order valence-corrected chi connectivity index (χ1v) is 17.8. The molecule has 12 nitrogen and oxygen atoms in total. The Balaban J connectivity index is 0.00000385. The summed E-state index contributed by atoms with van der Waals surface area (Å²) in [6.45, 7) is 17.7. The summed E-state index contributed by atoms with van der Waals surface area (Å²) >= 11 is 0. The lowest BCUT2D eigenvalue weighted by Gasteiger charge is -2.29. The molecule has 2 unspecified atom stereocenters. The largest absolute Gasteiger partial charge is 0.505 e. The average molecular weight is 748 g/mol. The summed E-state index contributed by atoms with van der Waals surface area (Å²) in [5.74, 6) is -2.01. The second kappa shape index (κ2) is 17.6. The van der Waals surface area contributed by atoms with Crippen LogP contribution in [0.25, 0.3) is 10.8 Å². The van der Waals surface area contributed by atoms with Crippen LogP contribution in [0.1, 0.15) is 96.5 Å². The van der Waals surface area contributed by atoms with Gasteiger partial charge in [0.15, 0.2) is 17.4 Å². The summed E-state index contributed by atoms with van der Waals surface area (Å²) in [6.07, 6.45) is -0.475. The number of benzene rings is 3. The van der Waals surface area contributed by atoms with Gasteiger partial charge in [-0.1, -0.05) is 39.0 Å². The number of imide groups is 1. The minimum atomic E-state index is -0.964. The van der Waals surface area contributed by atoms with Crippen molar-refractivity contribution in [1.82, 2.24) is 9.88 Å². The predicted molar refractivity (Wildman–Crippen MR) is 210 cm³/mol. The van der Waals surface area contributed by atoms with Gasteiger partial charge < -0.3 is 35.6 Å². The molecule has 292 valence electrons. The third-order valence-corrected chi connectivity index (χ3v) is 8.05. The molecule has 0 spiro atoms. The van der Waals surface area contributed by atoms with Crippen LogP contribution in [-0.4, -0.2) is 63.0 Å². The summed E-state index contributed by atoms with van der Waals surface area (Å²) in [4.78, 5) is 47.5. The number of aromatic nitrogens is 1. The minimum absolute atomic E-state index is 0.00157. The molecule has 0 radical (unpaired) electrons. The number of pyridine rings is 1. The molecule has 0 bridgehead atoms. The second-order valence-electron chi connectivity index (χ2n) is 14.8. The topological polar surface area (TPSA) is 168 Å². The second-order valence-corrected chi connectivity index (χ2v) is 14.8. The quantitative estimate of drug-likeness (QED) is 0.0962. The van der Waals surface area contributed by atoms with E-state index in [0.29, 0.717) is 22.0 Å². The molecule has 2 atom stereocenters. The Morgan fingerprint density at radius 2 is 1.56 bits per heavy atom. The third kappa shape index (κ3) is 10.8. The molecule has 3 aromatic carbocycles. The smallest absolute Gasteiger partial charge is 0.425 e. The van der Waals surface area contributed by atoms with Crippen LogP contribution >= 0.6 is 0 Å². The van der Waals surface area contributed by atoms with Crippen LogP contribution in [0.4, 0.5) is 31.2 Å². The van der Waals surface area contributed by atoms with Gasteiger partial charge in [0.25, 0.3) is 0 Å². The van der Waals surface area contributed by atoms with Crippen molar-refractivity contribution < 1.29 is 38.5 Å². The van der Waals surface area contributed by atoms with Crippen LogP contribution < -0.4 is 16.0 Å². The zero-order chi connectivity index (χ0) is 40.7. The highest BCUT2D eigenvalue weighted by molar-refractivity contribution is 6.14. The molecular weight excluding hydrogens is 693 g/mol. The van der Waals surface area contributed by atoms with Crippen LogP contribution in [0.5, 0.6) is 5.75 Å². The van der Waals surface area contributed by atoms with Crippen molar-refractivity contribution in [2.45, 2.75) is 98.9 Å². The number of rotatable bonds is 9. The van der Waals surface area contributed by atoms with Gasteiger partial charge in [-0.25, -0.2) is 19.0 Å². The highest BCUT2D eigenvalue weighted by Gasteiger charge is 2.35. The number of ether oxygens (including phenoxy) is 2. The molecule has 13 heteroatoms. The number of phenolic OH excluding ortho intramolecular Hbond substituents is 1. The van der Waals surface area contributed by atoms with Gasteiger partial charge in [-0.05, 0) is 101 Å². The number of hydrogen-bond acceptors (Lipinski definition) is 10. The Kier molecular flexibility index (Phi) is 14.0. The fraction of sp³-hybridized carbons (Fsp3) is 0.415. The molecule has 0 aliphatic carbocycles. The fourth-order valence-electron chi connectivity index (χ4n) is 5.63. The number of aromatic hydroxyl groups is 1. The Hall–Kier alpha value is -5.43. The van der Waals surface area contributed by atoms with E-state index in [9.17, 15) is 29.0 Å². The molecule has 0 fully saturated rings. The van der Waals surface area contributed by atoms with Crippen molar-refractivity contribution >= 4 is 46.1 Å². The van der Waals surface area contributed by atoms with E-state index in [-0.39, 0.29) is 36.1 Å². The van der Waals surface area contributed by atoms with Gasteiger partial charge in [-0.3, -0.25) is 4.79 Å². The number of aliphatic hydroxyl groups excluding tert-OH is 1. The SMILES string of the molecule is CC.Cc1cc(C(Nc2ccc3c(N(C(=O)OC(C)(C)C)C(=O)OC(C)(C)C)nccc3c2)C(=O)N(C)Cc2cc(N)cc(F)c2O)ccc1C(C)CO. The highest BCUT2D eigenvalue weighted by Crippen LogP contribution is 2.33. The van der Waals surface area contributed by atoms with Crippen molar-refractivity contribution in [2.75, 3.05) is 29.6 Å². The Morgan fingerprint density at radius 3 is 2.11 bits per heavy atom. The lowest BCUT2D eigenvalue weighted by molar-refractivity contribution is -0.131. The van der Waals surface area contributed by atoms with Crippen molar-refractivity contribution in [1.29, 1.82) is 0 Å². The van der Waals surface area contributed by atoms with Gasteiger partial charge in [0.05, 0.1) is 0 Å². The summed E-state index contributed by atoms with van der Waals surface area (Å²) in [5, 5.41) is 24.4. The van der Waals surface area contributed by atoms with E-state index in [0.717, 1.165) is 22.1 Å². The monoisotopic (exact) mass is 747 g/mol. The maximum Gasteiger partial charge on any atom is 0.425 e. The first-order chi connectivity index (χ1) is 25.2. The maximum absolute atomic E-state index is 14.3. The van der Waals surface area contributed by atoms with Gasteiger partial charge >= 0.3 is 12.2 Å². The molecule has 5 N–H and O–H groups in total. The van der Waals surface area contributed by atoms with Gasteiger partial charge in [-0.2, -0.15) is 4.90 Å². The number of aliphatic hydroxyl groups is 1. The number of fused-ring (bicyclic) bond motifs is 1. The first kappa shape index (κ1) is 43.0. The number of amides is 3. The number of halogens is 1. The van der Waals surface area contributed by atoms with Gasteiger partial charge in [-0.15, -0.1) is 0 Å². The number of nitrogen functional groups attached to an aromatic ring is 1. The number of carbonyl (C=O) groups excluding carboxylic acids is 3. The number of nitrogens with zero attached hydrogens (tertiary/aromatic N) is 3. The summed E-state index contributed by atoms with van der Waals surface area (Å²) in [6, 6.07) is 13.8. The van der Waals surface area contributed by atoms with Crippen molar-refractivity contribution in [3.8, 4) is 5.75 Å². The lowest BCUT2D eigenvalue weighted by Crippen LogP contribution is -2.44. The minimum Gasteiger partial charge on any atom is -0.505 e. The van der Waals surface area contributed by atoms with Crippen molar-refractivity contribution in [3.05, 3.63) is 88.9 Å². The molecule has 0 aliphatic heterocycles. The van der Waals surface area contributed by atoms with Gasteiger partial charge in [0, 0.05) is 60.7 Å². The maximum atomic E-state index is 14.3. The number of carbonyl (C=O) groups is 3. The fourth-order valence-corrected chi connectivity index (χ4v) is 5.63. The standard InChI is InChI=1S/C39H48FN5O7.C2H6/c1-22-16-25(10-12-29(22)23(2)21-46)32(35(48)44(9)20-26-17-27(41)19-31(40)33(26)47)43-28-11-13-30-24(18-28)14-15-42-34(30)45(36(49)51-38(3,4)5)37(50)52-39(6,7)8;1-2/h10-19,23,32,43,46-47H,20-21,41H2,1-9H3;1-2H3. The number of phenols is 1. The molecule has 1 heterocycles.